The zero-order valence-electron chi connectivity index (χ0n) is 12.6. The molecule has 0 heterocycles. The Kier molecular flexibility index (Phi) is 6.09. The van der Waals surface area contributed by atoms with Crippen LogP contribution in [0.3, 0.4) is 0 Å². The molecule has 0 saturated carbocycles. The summed E-state index contributed by atoms with van der Waals surface area (Å²) in [6, 6.07) is 16.5. The van der Waals surface area contributed by atoms with E-state index in [1.807, 2.05) is 30.3 Å². The van der Waals surface area contributed by atoms with Crippen LogP contribution >= 0.6 is 11.6 Å². The molecule has 2 nitrogen and oxygen atoms in total. The van der Waals surface area contributed by atoms with E-state index in [-0.39, 0.29) is 0 Å². The van der Waals surface area contributed by atoms with Crippen LogP contribution in [0, 0.1) is 0 Å². The molecular weight excluding hydrogens is 282 g/mol. The van der Waals surface area contributed by atoms with E-state index in [0.29, 0.717) is 17.7 Å². The van der Waals surface area contributed by atoms with Crippen molar-refractivity contribution in [1.29, 1.82) is 0 Å². The molecule has 0 aliphatic heterocycles. The molecule has 112 valence electrons. The standard InChI is InChI=1S/C18H22ClNO/c1-14(2)20-12-11-15-7-3-4-8-16(15)13-21-18-10-6-5-9-17(18)19/h3-10,14,20H,11-13H2,1-2H3. The van der Waals surface area contributed by atoms with Crippen molar-refractivity contribution in [3.8, 4) is 5.75 Å². The maximum Gasteiger partial charge on any atom is 0.138 e. The first-order valence-corrected chi connectivity index (χ1v) is 7.72. The molecule has 0 spiro atoms. The van der Waals surface area contributed by atoms with E-state index in [9.17, 15) is 0 Å². The Bertz CT molecular complexity index is 569. The molecule has 0 saturated heterocycles. The predicted molar refractivity (Wildman–Crippen MR) is 89.1 cm³/mol. The third kappa shape index (κ3) is 5.07. The van der Waals surface area contributed by atoms with Crippen LogP contribution in [0.1, 0.15) is 25.0 Å². The second-order valence-electron chi connectivity index (χ2n) is 5.35. The molecule has 0 bridgehead atoms. The Morgan fingerprint density at radius 2 is 1.67 bits per heavy atom. The zero-order chi connectivity index (χ0) is 15.1. The lowest BCUT2D eigenvalue weighted by Gasteiger charge is -2.13. The van der Waals surface area contributed by atoms with E-state index in [1.165, 1.54) is 11.1 Å². The quantitative estimate of drug-likeness (QED) is 0.815. The largest absolute Gasteiger partial charge is 0.487 e. The molecule has 3 heteroatoms. The van der Waals surface area contributed by atoms with Crippen molar-refractivity contribution in [2.75, 3.05) is 6.54 Å². The monoisotopic (exact) mass is 303 g/mol. The first-order valence-electron chi connectivity index (χ1n) is 7.34. The fraction of sp³-hybridized carbons (Fsp3) is 0.333. The van der Waals surface area contributed by atoms with Gasteiger partial charge in [-0.1, -0.05) is 61.8 Å². The van der Waals surface area contributed by atoms with Gasteiger partial charge in [0.2, 0.25) is 0 Å². The summed E-state index contributed by atoms with van der Waals surface area (Å²) in [6.45, 7) is 5.83. The molecule has 0 aliphatic carbocycles. The number of hydrogen-bond donors (Lipinski definition) is 1. The van der Waals surface area contributed by atoms with Gasteiger partial charge in [-0.15, -0.1) is 0 Å². The fourth-order valence-electron chi connectivity index (χ4n) is 2.15. The third-order valence-corrected chi connectivity index (χ3v) is 3.60. The molecule has 0 aromatic heterocycles. The highest BCUT2D eigenvalue weighted by atomic mass is 35.5. The number of halogens is 1. The highest BCUT2D eigenvalue weighted by molar-refractivity contribution is 6.32. The van der Waals surface area contributed by atoms with E-state index in [4.69, 9.17) is 16.3 Å². The molecule has 0 fully saturated rings. The zero-order valence-corrected chi connectivity index (χ0v) is 13.4. The third-order valence-electron chi connectivity index (χ3n) is 3.29. The maximum absolute atomic E-state index is 6.11. The van der Waals surface area contributed by atoms with Gasteiger partial charge < -0.3 is 10.1 Å². The van der Waals surface area contributed by atoms with Gasteiger partial charge in [0.25, 0.3) is 0 Å². The van der Waals surface area contributed by atoms with Gasteiger partial charge in [-0.05, 0) is 36.2 Å². The summed E-state index contributed by atoms with van der Waals surface area (Å²) in [7, 11) is 0. The van der Waals surface area contributed by atoms with E-state index >= 15 is 0 Å². The minimum atomic E-state index is 0.511. The molecule has 0 amide bonds. The molecular formula is C18H22ClNO. The predicted octanol–water partition coefficient (Wildman–Crippen LogP) is 4.46. The van der Waals surface area contributed by atoms with Crippen LogP contribution in [0.2, 0.25) is 5.02 Å². The van der Waals surface area contributed by atoms with Gasteiger partial charge in [0.05, 0.1) is 5.02 Å². The van der Waals surface area contributed by atoms with Crippen molar-refractivity contribution < 1.29 is 4.74 Å². The average Bonchev–Trinajstić information content (AvgIpc) is 2.47. The Morgan fingerprint density at radius 3 is 2.38 bits per heavy atom. The highest BCUT2D eigenvalue weighted by Crippen LogP contribution is 2.24. The summed E-state index contributed by atoms with van der Waals surface area (Å²) >= 11 is 6.11. The van der Waals surface area contributed by atoms with Gasteiger partial charge in [-0.2, -0.15) is 0 Å². The average molecular weight is 304 g/mol. The second-order valence-corrected chi connectivity index (χ2v) is 5.75. The number of hydrogen-bond acceptors (Lipinski definition) is 2. The smallest absolute Gasteiger partial charge is 0.138 e. The molecule has 2 aromatic carbocycles. The van der Waals surface area contributed by atoms with E-state index in [2.05, 4.69) is 37.4 Å². The molecule has 0 unspecified atom stereocenters. The maximum atomic E-state index is 6.11. The van der Waals surface area contributed by atoms with E-state index in [0.717, 1.165) is 18.7 Å². The molecule has 1 N–H and O–H groups in total. The molecule has 2 aromatic rings. The molecule has 0 aliphatic rings. The van der Waals surface area contributed by atoms with Gasteiger partial charge in [-0.3, -0.25) is 0 Å². The Morgan fingerprint density at radius 1 is 1.00 bits per heavy atom. The Labute approximate surface area is 132 Å². The van der Waals surface area contributed by atoms with Gasteiger partial charge in [0.15, 0.2) is 0 Å². The number of rotatable bonds is 7. The van der Waals surface area contributed by atoms with Crippen LogP contribution in [0.15, 0.2) is 48.5 Å². The van der Waals surface area contributed by atoms with Gasteiger partial charge >= 0.3 is 0 Å². The Balaban J connectivity index is 1.98. The number of para-hydroxylation sites is 1. The minimum Gasteiger partial charge on any atom is -0.487 e. The SMILES string of the molecule is CC(C)NCCc1ccccc1COc1ccccc1Cl. The summed E-state index contributed by atoms with van der Waals surface area (Å²) in [5.41, 5.74) is 2.53. The lowest BCUT2D eigenvalue weighted by molar-refractivity contribution is 0.305. The normalized spacial score (nSPS) is 10.9. The van der Waals surface area contributed by atoms with E-state index in [1.54, 1.807) is 0 Å². The van der Waals surface area contributed by atoms with E-state index < -0.39 is 0 Å². The van der Waals surface area contributed by atoms with Crippen LogP contribution in [0.25, 0.3) is 0 Å². The van der Waals surface area contributed by atoms with Crippen LogP contribution in [-0.4, -0.2) is 12.6 Å². The minimum absolute atomic E-state index is 0.511. The number of nitrogens with one attached hydrogen (secondary N) is 1. The lowest BCUT2D eigenvalue weighted by atomic mass is 10.1. The second kappa shape index (κ2) is 8.06. The Hall–Kier alpha value is -1.51. The molecule has 0 atom stereocenters. The van der Waals surface area contributed by atoms with Crippen molar-refractivity contribution >= 4 is 11.6 Å². The summed E-state index contributed by atoms with van der Waals surface area (Å²) in [5.74, 6) is 0.731. The highest BCUT2D eigenvalue weighted by Gasteiger charge is 2.05. The van der Waals surface area contributed by atoms with Gasteiger partial charge in [0, 0.05) is 6.04 Å². The molecule has 0 radical (unpaired) electrons. The van der Waals surface area contributed by atoms with Crippen molar-refractivity contribution in [3.05, 3.63) is 64.7 Å². The summed E-state index contributed by atoms with van der Waals surface area (Å²) in [5, 5.41) is 4.09. The lowest BCUT2D eigenvalue weighted by Crippen LogP contribution is -2.25. The first kappa shape index (κ1) is 15.9. The number of ether oxygens (including phenoxy) is 1. The molecule has 2 rings (SSSR count). The van der Waals surface area contributed by atoms with Crippen LogP contribution in [-0.2, 0) is 13.0 Å². The van der Waals surface area contributed by atoms with Crippen LogP contribution < -0.4 is 10.1 Å². The van der Waals surface area contributed by atoms with Crippen molar-refractivity contribution in [2.45, 2.75) is 32.9 Å². The van der Waals surface area contributed by atoms with Gasteiger partial charge in [0.1, 0.15) is 12.4 Å². The van der Waals surface area contributed by atoms with Crippen molar-refractivity contribution in [2.24, 2.45) is 0 Å². The van der Waals surface area contributed by atoms with Crippen LogP contribution in [0.4, 0.5) is 0 Å². The summed E-state index contributed by atoms with van der Waals surface area (Å²) < 4.78 is 5.84. The first-order chi connectivity index (χ1) is 10.2. The van der Waals surface area contributed by atoms with Crippen molar-refractivity contribution in [3.63, 3.8) is 0 Å². The van der Waals surface area contributed by atoms with Gasteiger partial charge in [-0.25, -0.2) is 0 Å². The topological polar surface area (TPSA) is 21.3 Å². The van der Waals surface area contributed by atoms with Crippen LogP contribution in [0.5, 0.6) is 5.75 Å². The molecule has 21 heavy (non-hydrogen) atoms. The fourth-order valence-corrected chi connectivity index (χ4v) is 2.35. The summed E-state index contributed by atoms with van der Waals surface area (Å²) in [6.07, 6.45) is 1.00. The summed E-state index contributed by atoms with van der Waals surface area (Å²) in [4.78, 5) is 0. The van der Waals surface area contributed by atoms with Crippen molar-refractivity contribution in [1.82, 2.24) is 5.32 Å². The number of benzene rings is 2.